The van der Waals surface area contributed by atoms with Crippen LogP contribution in [-0.4, -0.2) is 36.9 Å². The number of nitrogens with zero attached hydrogens (tertiary/aromatic N) is 1. The van der Waals surface area contributed by atoms with Crippen molar-refractivity contribution in [1.29, 1.82) is 0 Å². The van der Waals surface area contributed by atoms with Crippen LogP contribution in [0.2, 0.25) is 0 Å². The lowest BCUT2D eigenvalue weighted by atomic mass is 10.4. The van der Waals surface area contributed by atoms with Crippen molar-refractivity contribution in [1.82, 2.24) is 4.31 Å². The van der Waals surface area contributed by atoms with E-state index in [0.29, 0.717) is 18.4 Å². The number of sulfonamides is 1. The number of halogens is 1. The Morgan fingerprint density at radius 1 is 1.14 bits per heavy atom. The van der Waals surface area contributed by atoms with Crippen molar-refractivity contribution in [3.05, 3.63) is 0 Å². The quantitative estimate of drug-likeness (QED) is 0.642. The van der Waals surface area contributed by atoms with Crippen LogP contribution in [0.25, 0.3) is 0 Å². The van der Waals surface area contributed by atoms with Crippen LogP contribution >= 0.6 is 15.9 Å². The zero-order valence-corrected chi connectivity index (χ0v) is 11.4. The summed E-state index contributed by atoms with van der Waals surface area (Å²) in [4.78, 5) is 0. The third-order valence-electron chi connectivity index (χ3n) is 1.96. The summed E-state index contributed by atoms with van der Waals surface area (Å²) in [6.45, 7) is 5.22. The van der Waals surface area contributed by atoms with Gasteiger partial charge in [0.15, 0.2) is 0 Å². The average molecular weight is 286 g/mol. The summed E-state index contributed by atoms with van der Waals surface area (Å²) in [6, 6.07) is 0. The maximum Gasteiger partial charge on any atom is 0.214 e. The maximum absolute atomic E-state index is 11.8. The Hall–Kier alpha value is 0.390. The summed E-state index contributed by atoms with van der Waals surface area (Å²) >= 11 is 3.27. The van der Waals surface area contributed by atoms with Gasteiger partial charge in [-0.25, -0.2) is 12.7 Å². The van der Waals surface area contributed by atoms with E-state index < -0.39 is 10.0 Å². The summed E-state index contributed by atoms with van der Waals surface area (Å²) in [7, 11) is -3.01. The molecule has 14 heavy (non-hydrogen) atoms. The van der Waals surface area contributed by atoms with Gasteiger partial charge < -0.3 is 0 Å². The van der Waals surface area contributed by atoms with Crippen LogP contribution in [0.4, 0.5) is 0 Å². The number of hydrogen-bond donors (Lipinski definition) is 0. The summed E-state index contributed by atoms with van der Waals surface area (Å²) < 4.78 is 25.1. The van der Waals surface area contributed by atoms with Gasteiger partial charge in [0, 0.05) is 18.4 Å². The molecule has 0 aromatic carbocycles. The van der Waals surface area contributed by atoms with Crippen LogP contribution < -0.4 is 0 Å². The third kappa shape index (κ3) is 5.32. The SMILES string of the molecule is CCCCS(=O)(=O)N(CCC)CCBr. The summed E-state index contributed by atoms with van der Waals surface area (Å²) in [5, 5.41) is 0.707. The molecule has 0 rings (SSSR count). The monoisotopic (exact) mass is 285 g/mol. The van der Waals surface area contributed by atoms with Crippen LogP contribution in [0.1, 0.15) is 33.1 Å². The second kappa shape index (κ2) is 7.65. The first-order valence-corrected chi connectivity index (χ1v) is 7.85. The topological polar surface area (TPSA) is 37.4 Å². The van der Waals surface area contributed by atoms with Crippen molar-refractivity contribution >= 4 is 26.0 Å². The van der Waals surface area contributed by atoms with Gasteiger partial charge in [0.25, 0.3) is 0 Å². The van der Waals surface area contributed by atoms with Gasteiger partial charge in [0.05, 0.1) is 5.75 Å². The second-order valence-electron chi connectivity index (χ2n) is 3.26. The standard InChI is InChI=1S/C9H20BrNO2S/c1-3-5-9-14(12,13)11(7-4-2)8-6-10/h3-9H2,1-2H3. The Labute approximate surface area is 96.0 Å². The highest BCUT2D eigenvalue weighted by atomic mass is 79.9. The normalized spacial score (nSPS) is 12.3. The molecule has 0 atom stereocenters. The van der Waals surface area contributed by atoms with E-state index in [9.17, 15) is 8.42 Å². The number of hydrogen-bond acceptors (Lipinski definition) is 2. The van der Waals surface area contributed by atoms with Crippen molar-refractivity contribution in [2.75, 3.05) is 24.2 Å². The fourth-order valence-corrected chi connectivity index (χ4v) is 3.59. The van der Waals surface area contributed by atoms with Gasteiger partial charge in [0.2, 0.25) is 10.0 Å². The fourth-order valence-electron chi connectivity index (χ4n) is 1.19. The van der Waals surface area contributed by atoms with Crippen molar-refractivity contribution in [2.45, 2.75) is 33.1 Å². The highest BCUT2D eigenvalue weighted by molar-refractivity contribution is 9.09. The molecule has 0 saturated carbocycles. The van der Waals surface area contributed by atoms with Crippen molar-refractivity contribution in [3.8, 4) is 0 Å². The minimum atomic E-state index is -3.01. The molecule has 0 heterocycles. The number of rotatable bonds is 8. The van der Waals surface area contributed by atoms with Gasteiger partial charge in [-0.05, 0) is 12.8 Å². The van der Waals surface area contributed by atoms with E-state index in [1.165, 1.54) is 0 Å². The average Bonchev–Trinajstić information content (AvgIpc) is 2.14. The minimum Gasteiger partial charge on any atom is -0.212 e. The zero-order chi connectivity index (χ0) is 11.0. The van der Waals surface area contributed by atoms with Crippen molar-refractivity contribution in [3.63, 3.8) is 0 Å². The molecule has 0 aromatic heterocycles. The number of unbranched alkanes of at least 4 members (excludes halogenated alkanes) is 1. The van der Waals surface area contributed by atoms with Crippen LogP contribution in [0.5, 0.6) is 0 Å². The van der Waals surface area contributed by atoms with Crippen molar-refractivity contribution < 1.29 is 8.42 Å². The van der Waals surface area contributed by atoms with Crippen LogP contribution in [0.15, 0.2) is 0 Å². The lowest BCUT2D eigenvalue weighted by Crippen LogP contribution is -2.35. The van der Waals surface area contributed by atoms with Gasteiger partial charge in [-0.2, -0.15) is 0 Å². The van der Waals surface area contributed by atoms with E-state index in [4.69, 9.17) is 0 Å². The smallest absolute Gasteiger partial charge is 0.212 e. The Morgan fingerprint density at radius 3 is 2.21 bits per heavy atom. The van der Waals surface area contributed by atoms with Crippen LogP contribution in [-0.2, 0) is 10.0 Å². The Balaban J connectivity index is 4.29. The Kier molecular flexibility index (Phi) is 7.86. The van der Waals surface area contributed by atoms with E-state index in [0.717, 1.165) is 19.3 Å². The Bertz CT molecular complexity index is 223. The van der Waals surface area contributed by atoms with E-state index in [1.807, 2.05) is 13.8 Å². The minimum absolute atomic E-state index is 0.288. The molecular formula is C9H20BrNO2S. The molecule has 0 bridgehead atoms. The lowest BCUT2D eigenvalue weighted by Gasteiger charge is -2.20. The van der Waals surface area contributed by atoms with Gasteiger partial charge in [-0.3, -0.25) is 0 Å². The zero-order valence-electron chi connectivity index (χ0n) is 9.00. The molecule has 0 aromatic rings. The van der Waals surface area contributed by atoms with Crippen LogP contribution in [0.3, 0.4) is 0 Å². The Morgan fingerprint density at radius 2 is 1.79 bits per heavy atom. The van der Waals surface area contributed by atoms with Crippen molar-refractivity contribution in [2.24, 2.45) is 0 Å². The molecule has 0 aliphatic carbocycles. The number of alkyl halides is 1. The highest BCUT2D eigenvalue weighted by Crippen LogP contribution is 2.06. The summed E-state index contributed by atoms with van der Waals surface area (Å²) in [5.41, 5.74) is 0. The summed E-state index contributed by atoms with van der Waals surface area (Å²) in [5.74, 6) is 0.288. The largest absolute Gasteiger partial charge is 0.214 e. The first-order chi connectivity index (χ1) is 6.58. The highest BCUT2D eigenvalue weighted by Gasteiger charge is 2.19. The third-order valence-corrected chi connectivity index (χ3v) is 4.27. The van der Waals surface area contributed by atoms with E-state index in [2.05, 4.69) is 15.9 Å². The molecular weight excluding hydrogens is 266 g/mol. The molecule has 0 spiro atoms. The van der Waals surface area contributed by atoms with Gasteiger partial charge in [0.1, 0.15) is 0 Å². The molecule has 0 fully saturated rings. The van der Waals surface area contributed by atoms with Gasteiger partial charge >= 0.3 is 0 Å². The van der Waals surface area contributed by atoms with Gasteiger partial charge in [-0.1, -0.05) is 36.2 Å². The predicted molar refractivity (Wildman–Crippen MR) is 64.4 cm³/mol. The van der Waals surface area contributed by atoms with E-state index >= 15 is 0 Å². The first kappa shape index (κ1) is 14.4. The fraction of sp³-hybridized carbons (Fsp3) is 1.00. The molecule has 0 saturated heterocycles. The molecule has 5 heteroatoms. The maximum atomic E-state index is 11.8. The van der Waals surface area contributed by atoms with E-state index in [-0.39, 0.29) is 5.75 Å². The molecule has 0 amide bonds. The molecule has 3 nitrogen and oxygen atoms in total. The predicted octanol–water partition coefficient (Wildman–Crippen LogP) is 2.22. The molecule has 0 unspecified atom stereocenters. The molecule has 0 aliphatic rings. The van der Waals surface area contributed by atoms with E-state index in [1.54, 1.807) is 4.31 Å². The molecule has 0 aliphatic heterocycles. The second-order valence-corrected chi connectivity index (χ2v) is 6.14. The molecule has 0 N–H and O–H groups in total. The van der Waals surface area contributed by atoms with Crippen LogP contribution in [0, 0.1) is 0 Å². The van der Waals surface area contributed by atoms with Gasteiger partial charge in [-0.15, -0.1) is 0 Å². The summed E-state index contributed by atoms with van der Waals surface area (Å²) in [6.07, 6.45) is 2.55. The lowest BCUT2D eigenvalue weighted by molar-refractivity contribution is 0.429. The molecule has 86 valence electrons. The first-order valence-electron chi connectivity index (χ1n) is 5.12. The molecule has 0 radical (unpaired) electrons.